The SMILES string of the molecule is C=CC(=O)Nc1cc(NC(N=C)=NC(=NC)Nc2cc(Cl)c(F)cc2C(C)(C)O)c(OC)cc1N(C)CCN1CCC[C@@H]1C. The van der Waals surface area contributed by atoms with E-state index in [1.54, 1.807) is 6.07 Å². The fraction of sp³-hybridized carbons (Fsp3) is 0.419. The van der Waals surface area contributed by atoms with Gasteiger partial charge in [-0.3, -0.25) is 14.7 Å². The molecule has 1 aliphatic rings. The van der Waals surface area contributed by atoms with E-state index in [0.29, 0.717) is 28.9 Å². The molecular formula is C31H42ClFN8O3. The molecule has 0 spiro atoms. The van der Waals surface area contributed by atoms with Crippen LogP contribution in [0.1, 0.15) is 39.2 Å². The van der Waals surface area contributed by atoms with Crippen molar-refractivity contribution in [3.63, 3.8) is 0 Å². The van der Waals surface area contributed by atoms with Gasteiger partial charge in [0.15, 0.2) is 0 Å². The van der Waals surface area contributed by atoms with Crippen LogP contribution >= 0.6 is 11.6 Å². The van der Waals surface area contributed by atoms with Crippen LogP contribution in [-0.4, -0.2) is 81.4 Å². The smallest absolute Gasteiger partial charge is 0.247 e. The molecule has 1 amide bonds. The van der Waals surface area contributed by atoms with Crippen LogP contribution in [0.15, 0.2) is 51.9 Å². The highest BCUT2D eigenvalue weighted by Gasteiger charge is 2.24. The first kappa shape index (κ1) is 34.5. The second kappa shape index (κ2) is 15.1. The van der Waals surface area contributed by atoms with Gasteiger partial charge in [-0.25, -0.2) is 9.38 Å². The Kier molecular flexibility index (Phi) is 11.9. The summed E-state index contributed by atoms with van der Waals surface area (Å²) in [5.41, 5.74) is 0.886. The molecule has 1 heterocycles. The summed E-state index contributed by atoms with van der Waals surface area (Å²) in [6.07, 6.45) is 3.58. The van der Waals surface area contributed by atoms with Gasteiger partial charge in [0, 0.05) is 50.5 Å². The molecule has 0 radical (unpaired) electrons. The number of likely N-dealkylation sites (N-methyl/N-ethyl adjacent to an activating group) is 1. The molecule has 4 N–H and O–H groups in total. The van der Waals surface area contributed by atoms with Gasteiger partial charge < -0.3 is 30.7 Å². The van der Waals surface area contributed by atoms with Crippen LogP contribution in [0, 0.1) is 5.82 Å². The van der Waals surface area contributed by atoms with Crippen LogP contribution in [0.4, 0.5) is 27.1 Å². The Balaban J connectivity index is 1.94. The Morgan fingerprint density at radius 3 is 2.50 bits per heavy atom. The van der Waals surface area contributed by atoms with E-state index in [1.165, 1.54) is 53.0 Å². The Morgan fingerprint density at radius 2 is 1.93 bits per heavy atom. The van der Waals surface area contributed by atoms with Crippen LogP contribution in [0.2, 0.25) is 5.02 Å². The summed E-state index contributed by atoms with van der Waals surface area (Å²) in [6, 6.07) is 6.57. The third-order valence-electron chi connectivity index (χ3n) is 7.37. The predicted octanol–water partition coefficient (Wildman–Crippen LogP) is 5.33. The van der Waals surface area contributed by atoms with Crippen molar-refractivity contribution < 1.29 is 19.0 Å². The summed E-state index contributed by atoms with van der Waals surface area (Å²) in [7, 11) is 5.00. The second-order valence-electron chi connectivity index (χ2n) is 11.0. The van der Waals surface area contributed by atoms with E-state index in [4.69, 9.17) is 16.3 Å². The summed E-state index contributed by atoms with van der Waals surface area (Å²) in [5, 5.41) is 19.4. The summed E-state index contributed by atoms with van der Waals surface area (Å²) in [6.45, 7) is 15.2. The number of hydrogen-bond acceptors (Lipinski definition) is 6. The van der Waals surface area contributed by atoms with Gasteiger partial charge in [0.25, 0.3) is 0 Å². The number of carbonyl (C=O) groups excluding carboxylic acids is 1. The van der Waals surface area contributed by atoms with Gasteiger partial charge >= 0.3 is 0 Å². The highest BCUT2D eigenvalue weighted by atomic mass is 35.5. The van der Waals surface area contributed by atoms with Crippen molar-refractivity contribution in [3.05, 3.63) is 53.3 Å². The van der Waals surface area contributed by atoms with Gasteiger partial charge in [0.2, 0.25) is 17.8 Å². The maximum Gasteiger partial charge on any atom is 0.247 e. The van der Waals surface area contributed by atoms with Gasteiger partial charge in [-0.05, 0) is 71.2 Å². The van der Waals surface area contributed by atoms with Gasteiger partial charge in [-0.15, -0.1) is 0 Å². The third kappa shape index (κ3) is 8.77. The van der Waals surface area contributed by atoms with Gasteiger partial charge in [-0.1, -0.05) is 18.2 Å². The average molecular weight is 629 g/mol. The molecular weight excluding hydrogens is 587 g/mol. The predicted molar refractivity (Wildman–Crippen MR) is 180 cm³/mol. The van der Waals surface area contributed by atoms with E-state index in [9.17, 15) is 14.3 Å². The molecule has 0 saturated carbocycles. The lowest BCUT2D eigenvalue weighted by Gasteiger charge is -2.28. The summed E-state index contributed by atoms with van der Waals surface area (Å²) in [4.78, 5) is 29.5. The van der Waals surface area contributed by atoms with Crippen LogP contribution in [-0.2, 0) is 10.4 Å². The van der Waals surface area contributed by atoms with Crippen LogP contribution in [0.5, 0.6) is 5.75 Å². The maximum atomic E-state index is 14.2. The number of guanidine groups is 2. The van der Waals surface area contributed by atoms with Crippen LogP contribution in [0.3, 0.4) is 0 Å². The molecule has 1 aliphatic heterocycles. The first-order valence-corrected chi connectivity index (χ1v) is 14.6. The van der Waals surface area contributed by atoms with Crippen molar-refractivity contribution in [2.45, 2.75) is 45.3 Å². The number of rotatable bonds is 10. The minimum absolute atomic E-state index is 0.0412. The molecule has 3 rings (SSSR count). The number of aliphatic imine (C=N–C) groups is 3. The lowest BCUT2D eigenvalue weighted by molar-refractivity contribution is -0.111. The standard InChI is InChI=1S/C31H42ClFN8O3/c1-9-28(42)36-24-17-25(27(44-8)18-26(24)40(7)13-14-41-12-10-11-19(41)2)38-30(35-6)39-29(34-5)37-23-16-21(32)22(33)15-20(23)31(3,4)43/h9,15-19,43H,1,6,10-14H2,2-5,7-8H3,(H,36,42)(H2,34,37,38,39)/t19-/m0/s1. The molecule has 2 aromatic rings. The number of nitrogens with one attached hydrogen (secondary N) is 3. The van der Waals surface area contributed by atoms with Crippen LogP contribution in [0.25, 0.3) is 0 Å². The number of anilines is 4. The number of benzene rings is 2. The number of halogens is 2. The minimum Gasteiger partial charge on any atom is -0.494 e. The topological polar surface area (TPSA) is 126 Å². The van der Waals surface area contributed by atoms with Crippen molar-refractivity contribution >= 4 is 58.9 Å². The number of likely N-dealkylation sites (tertiary alicyclic amines) is 1. The molecule has 1 fully saturated rings. The van der Waals surface area contributed by atoms with Gasteiger partial charge in [0.1, 0.15) is 11.6 Å². The molecule has 0 unspecified atom stereocenters. The fourth-order valence-electron chi connectivity index (χ4n) is 4.89. The molecule has 13 heteroatoms. The maximum absolute atomic E-state index is 14.2. The fourth-order valence-corrected chi connectivity index (χ4v) is 5.06. The van der Waals surface area contributed by atoms with Crippen molar-refractivity contribution in [2.24, 2.45) is 15.0 Å². The lowest BCUT2D eigenvalue weighted by atomic mass is 9.96. The van der Waals surface area contributed by atoms with Crippen molar-refractivity contribution in [1.29, 1.82) is 0 Å². The zero-order valence-electron chi connectivity index (χ0n) is 26.2. The number of amides is 1. The number of nitrogens with zero attached hydrogens (tertiary/aromatic N) is 5. The monoisotopic (exact) mass is 628 g/mol. The van der Waals surface area contributed by atoms with Crippen molar-refractivity contribution in [2.75, 3.05) is 61.7 Å². The molecule has 44 heavy (non-hydrogen) atoms. The molecule has 2 aromatic carbocycles. The zero-order chi connectivity index (χ0) is 32.6. The van der Waals surface area contributed by atoms with E-state index >= 15 is 0 Å². The highest BCUT2D eigenvalue weighted by Crippen LogP contribution is 2.37. The van der Waals surface area contributed by atoms with E-state index in [0.717, 1.165) is 31.4 Å². The minimum atomic E-state index is -1.39. The summed E-state index contributed by atoms with van der Waals surface area (Å²) in [5.74, 6) is -0.467. The van der Waals surface area contributed by atoms with E-state index in [-0.39, 0.29) is 28.4 Å². The number of ether oxygens (including phenoxy) is 1. The van der Waals surface area contributed by atoms with Gasteiger partial charge in [-0.2, -0.15) is 4.99 Å². The zero-order valence-corrected chi connectivity index (χ0v) is 26.9. The van der Waals surface area contributed by atoms with E-state index < -0.39 is 11.4 Å². The molecule has 0 aliphatic carbocycles. The van der Waals surface area contributed by atoms with E-state index in [2.05, 4.69) is 60.9 Å². The van der Waals surface area contributed by atoms with Crippen molar-refractivity contribution in [3.8, 4) is 5.75 Å². The number of methoxy groups -OCH3 is 1. The normalized spacial score (nSPS) is 16.0. The molecule has 0 bridgehead atoms. The molecule has 11 nitrogen and oxygen atoms in total. The molecule has 238 valence electrons. The Morgan fingerprint density at radius 1 is 1.23 bits per heavy atom. The molecule has 1 atom stereocenters. The van der Waals surface area contributed by atoms with Gasteiger partial charge in [0.05, 0.1) is 34.8 Å². The third-order valence-corrected chi connectivity index (χ3v) is 7.66. The molecule has 1 saturated heterocycles. The summed E-state index contributed by atoms with van der Waals surface area (Å²) >= 11 is 6.02. The average Bonchev–Trinajstić information content (AvgIpc) is 3.40. The van der Waals surface area contributed by atoms with E-state index in [1.807, 2.05) is 13.1 Å². The first-order chi connectivity index (χ1) is 20.8. The van der Waals surface area contributed by atoms with Crippen molar-refractivity contribution in [1.82, 2.24) is 4.90 Å². The Hall–Kier alpha value is -4.00. The number of carbonyl (C=O) groups is 1. The Bertz CT molecular complexity index is 1440. The van der Waals surface area contributed by atoms with Crippen LogP contribution < -0.4 is 25.6 Å². The lowest BCUT2D eigenvalue weighted by Crippen LogP contribution is -2.35. The second-order valence-corrected chi connectivity index (χ2v) is 11.4. The largest absolute Gasteiger partial charge is 0.494 e. The Labute approximate surface area is 263 Å². The number of aliphatic hydroxyl groups is 1. The highest BCUT2D eigenvalue weighted by molar-refractivity contribution is 6.31. The number of hydrogen-bond donors (Lipinski definition) is 4. The summed E-state index contributed by atoms with van der Waals surface area (Å²) < 4.78 is 19.9. The molecule has 0 aromatic heterocycles. The quantitative estimate of drug-likeness (QED) is 0.159. The first-order valence-electron chi connectivity index (χ1n) is 14.2.